The summed E-state index contributed by atoms with van der Waals surface area (Å²) >= 11 is 0. The second-order valence-electron chi connectivity index (χ2n) is 3.67. The van der Waals surface area contributed by atoms with Crippen LogP contribution >= 0.6 is 0 Å². The van der Waals surface area contributed by atoms with Crippen molar-refractivity contribution in [2.75, 3.05) is 6.54 Å². The van der Waals surface area contributed by atoms with E-state index in [1.165, 1.54) is 0 Å². The molecule has 1 aromatic heterocycles. The van der Waals surface area contributed by atoms with Gasteiger partial charge in [0.15, 0.2) is 0 Å². The molecule has 1 aliphatic rings. The monoisotopic (exact) mass is 233 g/mol. The fourth-order valence-corrected chi connectivity index (χ4v) is 1.73. The van der Waals surface area contributed by atoms with Gasteiger partial charge in [-0.1, -0.05) is 0 Å². The van der Waals surface area contributed by atoms with E-state index in [0.717, 1.165) is 19.0 Å². The number of alkyl halides is 3. The number of hydrogen-bond acceptors (Lipinski definition) is 3. The van der Waals surface area contributed by atoms with E-state index in [9.17, 15) is 18.0 Å². The fraction of sp³-hybridized carbons (Fsp3) is 0.556. The normalized spacial score (nSPS) is 21.3. The van der Waals surface area contributed by atoms with Crippen molar-refractivity contribution in [3.8, 4) is 0 Å². The molecule has 0 bridgehead atoms. The minimum Gasteiger partial charge on any atom is -0.309 e. The molecule has 0 radical (unpaired) electrons. The molecule has 4 nitrogen and oxygen atoms in total. The number of rotatable bonds is 1. The van der Waals surface area contributed by atoms with E-state index in [2.05, 4.69) is 10.3 Å². The Morgan fingerprint density at radius 3 is 2.75 bits per heavy atom. The Bertz CT molecular complexity index is 434. The quantitative estimate of drug-likeness (QED) is 0.766. The Hall–Kier alpha value is -1.37. The maximum Gasteiger partial charge on any atom is 0.449 e. The Morgan fingerprint density at radius 2 is 2.19 bits per heavy atom. The predicted octanol–water partition coefficient (Wildman–Crippen LogP) is 1.21. The summed E-state index contributed by atoms with van der Waals surface area (Å²) in [6.07, 6.45) is -3.04. The third-order valence-electron chi connectivity index (χ3n) is 2.45. The first kappa shape index (κ1) is 11.1. The number of H-pyrrole nitrogens is 1. The zero-order valence-corrected chi connectivity index (χ0v) is 8.27. The molecule has 0 spiro atoms. The standard InChI is InChI=1S/C9H10F3N3O/c10-9(11,12)8-14-6(4-7(16)15-8)5-2-1-3-13-5/h4-5,13H,1-3H2,(H,14,15,16). The number of aromatic amines is 1. The Kier molecular flexibility index (Phi) is 2.71. The van der Waals surface area contributed by atoms with E-state index < -0.39 is 17.6 Å². The summed E-state index contributed by atoms with van der Waals surface area (Å²) in [5, 5.41) is 3.00. The van der Waals surface area contributed by atoms with Crippen LogP contribution in [-0.2, 0) is 6.18 Å². The third-order valence-corrected chi connectivity index (χ3v) is 2.45. The number of nitrogens with zero attached hydrogens (tertiary/aromatic N) is 1. The number of halogens is 3. The number of hydrogen-bond donors (Lipinski definition) is 2. The van der Waals surface area contributed by atoms with Crippen molar-refractivity contribution in [3.63, 3.8) is 0 Å². The molecule has 88 valence electrons. The van der Waals surface area contributed by atoms with Gasteiger partial charge in [-0.3, -0.25) is 4.79 Å². The molecule has 1 atom stereocenters. The summed E-state index contributed by atoms with van der Waals surface area (Å²) in [6.45, 7) is 0.737. The Labute approximate surface area is 88.9 Å². The molecule has 0 amide bonds. The summed E-state index contributed by atoms with van der Waals surface area (Å²) in [5.74, 6) is -1.23. The zero-order valence-electron chi connectivity index (χ0n) is 8.27. The largest absolute Gasteiger partial charge is 0.449 e. The molecule has 16 heavy (non-hydrogen) atoms. The van der Waals surface area contributed by atoms with E-state index in [1.54, 1.807) is 4.98 Å². The van der Waals surface area contributed by atoms with Crippen LogP contribution in [0.2, 0.25) is 0 Å². The van der Waals surface area contributed by atoms with Crippen molar-refractivity contribution in [2.24, 2.45) is 0 Å². The van der Waals surface area contributed by atoms with E-state index in [1.807, 2.05) is 0 Å². The minimum atomic E-state index is -4.62. The first-order valence-corrected chi connectivity index (χ1v) is 4.88. The van der Waals surface area contributed by atoms with Gasteiger partial charge in [-0.05, 0) is 19.4 Å². The maximum absolute atomic E-state index is 12.4. The van der Waals surface area contributed by atoms with E-state index >= 15 is 0 Å². The highest BCUT2D eigenvalue weighted by molar-refractivity contribution is 5.10. The van der Waals surface area contributed by atoms with Gasteiger partial charge in [0.2, 0.25) is 5.82 Å². The van der Waals surface area contributed by atoms with Crippen LogP contribution in [0, 0.1) is 0 Å². The lowest BCUT2D eigenvalue weighted by atomic mass is 10.1. The van der Waals surface area contributed by atoms with Gasteiger partial charge in [-0.15, -0.1) is 0 Å². The molecular formula is C9H10F3N3O. The molecule has 2 N–H and O–H groups in total. The first-order chi connectivity index (χ1) is 7.47. The SMILES string of the molecule is O=c1cc(C2CCCN2)nc(C(F)(F)F)[nH]1. The number of aromatic nitrogens is 2. The van der Waals surface area contributed by atoms with E-state index in [4.69, 9.17) is 0 Å². The van der Waals surface area contributed by atoms with Crippen LogP contribution in [0.4, 0.5) is 13.2 Å². The highest BCUT2D eigenvalue weighted by Gasteiger charge is 2.35. The van der Waals surface area contributed by atoms with Crippen molar-refractivity contribution in [1.82, 2.24) is 15.3 Å². The smallest absolute Gasteiger partial charge is 0.309 e. The lowest BCUT2D eigenvalue weighted by Gasteiger charge is -2.11. The lowest BCUT2D eigenvalue weighted by molar-refractivity contribution is -0.145. The fourth-order valence-electron chi connectivity index (χ4n) is 1.73. The summed E-state index contributed by atoms with van der Waals surface area (Å²) < 4.78 is 37.1. The second kappa shape index (κ2) is 3.89. The molecule has 0 aromatic carbocycles. The average molecular weight is 233 g/mol. The highest BCUT2D eigenvalue weighted by atomic mass is 19.4. The van der Waals surface area contributed by atoms with Crippen LogP contribution in [0.25, 0.3) is 0 Å². The van der Waals surface area contributed by atoms with Crippen molar-refractivity contribution in [1.29, 1.82) is 0 Å². The van der Waals surface area contributed by atoms with Crippen molar-refractivity contribution >= 4 is 0 Å². The summed E-state index contributed by atoms with van der Waals surface area (Å²) in [4.78, 5) is 16.2. The van der Waals surface area contributed by atoms with Gasteiger partial charge in [0.05, 0.1) is 5.69 Å². The second-order valence-corrected chi connectivity index (χ2v) is 3.67. The maximum atomic E-state index is 12.4. The van der Waals surface area contributed by atoms with Gasteiger partial charge in [0.25, 0.3) is 5.56 Å². The van der Waals surface area contributed by atoms with Crippen LogP contribution in [0.15, 0.2) is 10.9 Å². The van der Waals surface area contributed by atoms with Gasteiger partial charge in [0, 0.05) is 12.1 Å². The topological polar surface area (TPSA) is 57.8 Å². The highest BCUT2D eigenvalue weighted by Crippen LogP contribution is 2.27. The van der Waals surface area contributed by atoms with Gasteiger partial charge < -0.3 is 10.3 Å². The summed E-state index contributed by atoms with van der Waals surface area (Å²) in [6, 6.07) is 0.862. The molecule has 0 saturated carbocycles. The predicted molar refractivity (Wildman–Crippen MR) is 49.8 cm³/mol. The van der Waals surface area contributed by atoms with Gasteiger partial charge in [-0.25, -0.2) is 4.98 Å². The van der Waals surface area contributed by atoms with Gasteiger partial charge >= 0.3 is 6.18 Å². The molecule has 1 fully saturated rings. The molecule has 1 aromatic rings. The van der Waals surface area contributed by atoms with Crippen LogP contribution in [0.5, 0.6) is 0 Å². The van der Waals surface area contributed by atoms with Crippen LogP contribution in [0.1, 0.15) is 30.4 Å². The first-order valence-electron chi connectivity index (χ1n) is 4.88. The molecule has 0 aliphatic carbocycles. The average Bonchev–Trinajstić information content (AvgIpc) is 2.68. The molecular weight excluding hydrogens is 223 g/mol. The van der Waals surface area contributed by atoms with Gasteiger partial charge in [0.1, 0.15) is 0 Å². The Balaban J connectivity index is 2.39. The van der Waals surface area contributed by atoms with Crippen molar-refractivity contribution in [3.05, 3.63) is 27.9 Å². The Morgan fingerprint density at radius 1 is 1.44 bits per heavy atom. The van der Waals surface area contributed by atoms with Crippen LogP contribution in [0.3, 0.4) is 0 Å². The van der Waals surface area contributed by atoms with E-state index in [0.29, 0.717) is 6.42 Å². The number of nitrogens with one attached hydrogen (secondary N) is 2. The third kappa shape index (κ3) is 2.24. The van der Waals surface area contributed by atoms with Crippen molar-refractivity contribution < 1.29 is 13.2 Å². The van der Waals surface area contributed by atoms with Crippen LogP contribution in [-0.4, -0.2) is 16.5 Å². The van der Waals surface area contributed by atoms with Gasteiger partial charge in [-0.2, -0.15) is 13.2 Å². The molecule has 1 saturated heterocycles. The molecule has 1 aliphatic heterocycles. The zero-order chi connectivity index (χ0) is 11.8. The minimum absolute atomic E-state index is 0.161. The van der Waals surface area contributed by atoms with Crippen molar-refractivity contribution in [2.45, 2.75) is 25.1 Å². The summed E-state index contributed by atoms with van der Waals surface area (Å²) in [5.41, 5.74) is -0.611. The molecule has 7 heteroatoms. The summed E-state index contributed by atoms with van der Waals surface area (Å²) in [7, 11) is 0. The molecule has 2 heterocycles. The van der Waals surface area contributed by atoms with E-state index in [-0.39, 0.29) is 11.7 Å². The molecule has 1 unspecified atom stereocenters. The molecule has 2 rings (SSSR count). The lowest BCUT2D eigenvalue weighted by Crippen LogP contribution is -2.23. The van der Waals surface area contributed by atoms with Crippen LogP contribution < -0.4 is 10.9 Å².